The van der Waals surface area contributed by atoms with Gasteiger partial charge in [0, 0.05) is 48.9 Å². The standard InChI is InChI=1S/C32H42N4O3.CH4O/c1-21(2)31-35-28(20-39-31)26-16-17-33-30(18-26)36(32(37)25-8-6-5-7-9-25)19-23-10-12-24(13-11-23)27-14-15-29(38-4)22(3)34-27;1-2/h14-18,20-21,23-25H,5-13,19H2,1-4H3;2H,1H3. The number of nitrogens with zero attached hydrogens (tertiary/aromatic N) is 4. The smallest absolute Gasteiger partial charge is 0.231 e. The summed E-state index contributed by atoms with van der Waals surface area (Å²) < 4.78 is 11.1. The van der Waals surface area contributed by atoms with Crippen LogP contribution in [0, 0.1) is 18.8 Å². The highest BCUT2D eigenvalue weighted by atomic mass is 16.5. The van der Waals surface area contributed by atoms with Crippen molar-refractivity contribution in [2.45, 2.75) is 90.4 Å². The number of ether oxygens (including phenoxy) is 1. The van der Waals surface area contributed by atoms with E-state index in [1.54, 1.807) is 19.6 Å². The van der Waals surface area contributed by atoms with Crippen LogP contribution < -0.4 is 9.64 Å². The molecule has 1 N–H and O–H groups in total. The van der Waals surface area contributed by atoms with Gasteiger partial charge in [-0.1, -0.05) is 33.1 Å². The number of aromatic nitrogens is 3. The Morgan fingerprint density at radius 3 is 2.41 bits per heavy atom. The molecule has 0 aliphatic heterocycles. The van der Waals surface area contributed by atoms with Gasteiger partial charge in [-0.05, 0) is 75.6 Å². The fourth-order valence-corrected chi connectivity index (χ4v) is 6.19. The number of aliphatic hydroxyl groups is 1. The van der Waals surface area contributed by atoms with Crippen molar-refractivity contribution in [2.24, 2.45) is 11.8 Å². The summed E-state index contributed by atoms with van der Waals surface area (Å²) in [5.41, 5.74) is 3.82. The van der Waals surface area contributed by atoms with Gasteiger partial charge in [0.05, 0.1) is 12.8 Å². The van der Waals surface area contributed by atoms with Gasteiger partial charge in [0.1, 0.15) is 23.5 Å². The molecule has 0 spiro atoms. The van der Waals surface area contributed by atoms with Gasteiger partial charge >= 0.3 is 0 Å². The molecule has 0 aromatic carbocycles. The first-order valence-corrected chi connectivity index (χ1v) is 15.1. The van der Waals surface area contributed by atoms with E-state index in [0.29, 0.717) is 18.4 Å². The van der Waals surface area contributed by atoms with Gasteiger partial charge in [-0.25, -0.2) is 9.97 Å². The molecule has 2 aliphatic rings. The maximum atomic E-state index is 13.9. The van der Waals surface area contributed by atoms with E-state index in [4.69, 9.17) is 24.2 Å². The zero-order valence-corrected chi connectivity index (χ0v) is 25.3. The van der Waals surface area contributed by atoms with Crippen molar-refractivity contribution in [3.05, 3.63) is 54.0 Å². The number of hydrogen-bond donors (Lipinski definition) is 1. The van der Waals surface area contributed by atoms with Crippen LogP contribution in [0.3, 0.4) is 0 Å². The van der Waals surface area contributed by atoms with Crippen molar-refractivity contribution >= 4 is 11.7 Å². The Bertz CT molecular complexity index is 1260. The molecule has 2 saturated carbocycles. The maximum Gasteiger partial charge on any atom is 0.231 e. The van der Waals surface area contributed by atoms with Crippen LogP contribution in [-0.2, 0) is 4.79 Å². The first-order chi connectivity index (χ1) is 19.9. The van der Waals surface area contributed by atoms with E-state index >= 15 is 0 Å². The summed E-state index contributed by atoms with van der Waals surface area (Å²) in [6, 6.07) is 8.11. The zero-order chi connectivity index (χ0) is 29.4. The number of rotatable bonds is 8. The summed E-state index contributed by atoms with van der Waals surface area (Å²) in [4.78, 5) is 30.1. The van der Waals surface area contributed by atoms with E-state index in [2.05, 4.69) is 24.9 Å². The monoisotopic (exact) mass is 562 g/mol. The molecule has 0 bridgehead atoms. The fourth-order valence-electron chi connectivity index (χ4n) is 6.19. The number of anilines is 1. The first-order valence-electron chi connectivity index (χ1n) is 15.1. The lowest BCUT2D eigenvalue weighted by Gasteiger charge is -2.34. The summed E-state index contributed by atoms with van der Waals surface area (Å²) in [7, 11) is 2.69. The highest BCUT2D eigenvalue weighted by molar-refractivity contribution is 5.94. The number of hydrogen-bond acceptors (Lipinski definition) is 7. The van der Waals surface area contributed by atoms with Gasteiger partial charge in [0.2, 0.25) is 5.91 Å². The number of carbonyl (C=O) groups excluding carboxylic acids is 1. The lowest BCUT2D eigenvalue weighted by atomic mass is 9.79. The summed E-state index contributed by atoms with van der Waals surface area (Å²) in [5.74, 6) is 3.73. The van der Waals surface area contributed by atoms with Gasteiger partial charge in [-0.15, -0.1) is 0 Å². The van der Waals surface area contributed by atoms with Crippen molar-refractivity contribution in [1.29, 1.82) is 0 Å². The number of aryl methyl sites for hydroxylation is 1. The second-order valence-corrected chi connectivity index (χ2v) is 11.7. The van der Waals surface area contributed by atoms with Crippen LogP contribution in [0.1, 0.15) is 101 Å². The molecule has 3 aromatic heterocycles. The minimum Gasteiger partial charge on any atom is -0.495 e. The SMILES string of the molecule is CO.COc1ccc(C2CCC(CN(C(=O)C3CCCCC3)c3cc(-c4coc(C(C)C)n4)ccn3)CC2)nc1C. The summed E-state index contributed by atoms with van der Waals surface area (Å²) in [6.45, 7) is 6.85. The van der Waals surface area contributed by atoms with E-state index in [-0.39, 0.29) is 17.7 Å². The molecule has 0 unspecified atom stereocenters. The molecule has 1 amide bonds. The van der Waals surface area contributed by atoms with Crippen LogP contribution >= 0.6 is 0 Å². The van der Waals surface area contributed by atoms with Crippen molar-refractivity contribution < 1.29 is 19.1 Å². The molecule has 8 heteroatoms. The van der Waals surface area contributed by atoms with Gasteiger partial charge in [-0.2, -0.15) is 0 Å². The summed E-state index contributed by atoms with van der Waals surface area (Å²) in [5, 5.41) is 7.00. The van der Waals surface area contributed by atoms with Crippen LogP contribution in [0.2, 0.25) is 0 Å². The lowest BCUT2D eigenvalue weighted by molar-refractivity contribution is -0.123. The van der Waals surface area contributed by atoms with Crippen molar-refractivity contribution in [1.82, 2.24) is 15.0 Å². The highest BCUT2D eigenvalue weighted by Crippen LogP contribution is 2.38. The molecule has 41 heavy (non-hydrogen) atoms. The number of pyridine rings is 2. The van der Waals surface area contributed by atoms with Crippen LogP contribution in [0.5, 0.6) is 5.75 Å². The molecular formula is C33H46N4O4. The Kier molecular flexibility index (Phi) is 10.9. The van der Waals surface area contributed by atoms with Crippen molar-refractivity contribution in [3.63, 3.8) is 0 Å². The second kappa shape index (κ2) is 14.6. The minimum atomic E-state index is 0.0895. The largest absolute Gasteiger partial charge is 0.495 e. The number of aliphatic hydroxyl groups excluding tert-OH is 1. The third-order valence-corrected chi connectivity index (χ3v) is 8.54. The van der Waals surface area contributed by atoms with Gasteiger partial charge in [0.25, 0.3) is 0 Å². The molecule has 0 radical (unpaired) electrons. The van der Waals surface area contributed by atoms with Gasteiger partial charge < -0.3 is 14.3 Å². The lowest BCUT2D eigenvalue weighted by Crippen LogP contribution is -2.41. The molecule has 2 aliphatic carbocycles. The Morgan fingerprint density at radius 2 is 1.78 bits per heavy atom. The van der Waals surface area contributed by atoms with E-state index in [1.165, 1.54) is 6.42 Å². The average molecular weight is 563 g/mol. The highest BCUT2D eigenvalue weighted by Gasteiger charge is 2.32. The first kappa shape index (κ1) is 30.7. The predicted octanol–water partition coefficient (Wildman–Crippen LogP) is 7.07. The van der Waals surface area contributed by atoms with Crippen molar-refractivity contribution in [2.75, 3.05) is 25.7 Å². The number of carbonyl (C=O) groups is 1. The molecule has 3 aromatic rings. The van der Waals surface area contributed by atoms with Gasteiger partial charge in [0.15, 0.2) is 5.89 Å². The zero-order valence-electron chi connectivity index (χ0n) is 25.3. The fraction of sp³-hybridized carbons (Fsp3) is 0.576. The van der Waals surface area contributed by atoms with E-state index < -0.39 is 0 Å². The predicted molar refractivity (Wildman–Crippen MR) is 161 cm³/mol. The quantitative estimate of drug-likeness (QED) is 0.313. The molecule has 2 fully saturated rings. The number of methoxy groups -OCH3 is 1. The van der Waals surface area contributed by atoms with Crippen LogP contribution in [0.15, 0.2) is 41.1 Å². The van der Waals surface area contributed by atoms with Gasteiger partial charge in [-0.3, -0.25) is 14.7 Å². The summed E-state index contributed by atoms with van der Waals surface area (Å²) in [6.07, 6.45) is 13.3. The topological polar surface area (TPSA) is 102 Å². The third kappa shape index (κ3) is 7.53. The average Bonchev–Trinajstić information content (AvgIpc) is 3.53. The Morgan fingerprint density at radius 1 is 1.05 bits per heavy atom. The molecule has 222 valence electrons. The summed E-state index contributed by atoms with van der Waals surface area (Å²) >= 11 is 0. The normalized spacial score (nSPS) is 19.4. The molecule has 3 heterocycles. The number of amides is 1. The Balaban J connectivity index is 0.00000189. The van der Waals surface area contributed by atoms with E-state index in [9.17, 15) is 4.79 Å². The van der Waals surface area contributed by atoms with Crippen LogP contribution in [0.4, 0.5) is 5.82 Å². The number of oxazole rings is 1. The van der Waals surface area contributed by atoms with Crippen LogP contribution in [-0.4, -0.2) is 46.7 Å². The minimum absolute atomic E-state index is 0.0895. The van der Waals surface area contributed by atoms with Crippen LogP contribution in [0.25, 0.3) is 11.3 Å². The Labute approximate surface area is 244 Å². The molecule has 0 atom stereocenters. The van der Waals surface area contributed by atoms with Crippen molar-refractivity contribution in [3.8, 4) is 17.0 Å². The molecule has 0 saturated heterocycles. The van der Waals surface area contributed by atoms with E-state index in [1.807, 2.05) is 30.0 Å². The second-order valence-electron chi connectivity index (χ2n) is 11.7. The van der Waals surface area contributed by atoms with E-state index in [0.717, 1.165) is 98.6 Å². The maximum absolute atomic E-state index is 13.9. The molecule has 8 nitrogen and oxygen atoms in total. The molecule has 5 rings (SSSR count). The third-order valence-electron chi connectivity index (χ3n) is 8.54. The molecular weight excluding hydrogens is 516 g/mol. The Hall–Kier alpha value is -3.26.